The van der Waals surface area contributed by atoms with Gasteiger partial charge in [-0.15, -0.1) is 0 Å². The Morgan fingerprint density at radius 3 is 2.42 bits per heavy atom. The maximum atomic E-state index is 12.7. The normalized spacial score (nSPS) is 12.1. The molecular weight excluding hydrogens is 326 g/mol. The number of fused-ring (bicyclic) bond motifs is 1. The van der Waals surface area contributed by atoms with Crippen molar-refractivity contribution in [1.29, 1.82) is 0 Å². The molecule has 5 nitrogen and oxygen atoms in total. The van der Waals surface area contributed by atoms with E-state index in [1.807, 2.05) is 19.1 Å². The van der Waals surface area contributed by atoms with Gasteiger partial charge in [-0.05, 0) is 30.7 Å². The van der Waals surface area contributed by atoms with Crippen LogP contribution in [0.2, 0.25) is 5.02 Å². The van der Waals surface area contributed by atoms with Crippen LogP contribution in [0.4, 0.5) is 0 Å². The van der Waals surface area contributed by atoms with Gasteiger partial charge in [0.2, 0.25) is 0 Å². The van der Waals surface area contributed by atoms with E-state index in [0.29, 0.717) is 15.8 Å². The summed E-state index contributed by atoms with van der Waals surface area (Å²) in [6, 6.07) is 14.0. The third kappa shape index (κ3) is 3.03. The van der Waals surface area contributed by atoms with Gasteiger partial charge in [-0.25, -0.2) is 4.68 Å². The number of hydrogen-bond donors (Lipinski definition) is 1. The topological polar surface area (TPSA) is 64.0 Å². The summed E-state index contributed by atoms with van der Waals surface area (Å²) in [7, 11) is 1.54. The fourth-order valence-corrected chi connectivity index (χ4v) is 2.69. The predicted octanol–water partition coefficient (Wildman–Crippen LogP) is 3.08. The monoisotopic (exact) mass is 341 g/mol. The number of hydrogen-bond acceptors (Lipinski definition) is 3. The molecular formula is C18H16ClN3O2. The molecule has 2 aromatic carbocycles. The molecule has 6 heteroatoms. The molecule has 0 saturated carbocycles. The Balaban J connectivity index is 1.96. The zero-order valence-corrected chi connectivity index (χ0v) is 14.0. The molecule has 1 N–H and O–H groups in total. The average molecular weight is 342 g/mol. The Bertz CT molecular complexity index is 964. The fraction of sp³-hybridized carbons (Fsp3) is 0.167. The molecule has 24 heavy (non-hydrogen) atoms. The van der Waals surface area contributed by atoms with Crippen molar-refractivity contribution in [1.82, 2.24) is 15.1 Å². The Morgan fingerprint density at radius 2 is 1.75 bits per heavy atom. The highest BCUT2D eigenvalue weighted by atomic mass is 35.5. The van der Waals surface area contributed by atoms with Crippen LogP contribution in [0.25, 0.3) is 10.8 Å². The van der Waals surface area contributed by atoms with Crippen LogP contribution in [-0.2, 0) is 7.05 Å². The van der Waals surface area contributed by atoms with Gasteiger partial charge in [-0.2, -0.15) is 5.10 Å². The fourth-order valence-electron chi connectivity index (χ4n) is 2.57. The quantitative estimate of drug-likeness (QED) is 0.796. The van der Waals surface area contributed by atoms with E-state index in [0.717, 1.165) is 5.56 Å². The second kappa shape index (κ2) is 6.45. The Labute approximate surface area is 143 Å². The van der Waals surface area contributed by atoms with Crippen molar-refractivity contribution in [3.8, 4) is 0 Å². The van der Waals surface area contributed by atoms with Crippen molar-refractivity contribution in [2.24, 2.45) is 7.05 Å². The van der Waals surface area contributed by atoms with Gasteiger partial charge in [0.1, 0.15) is 0 Å². The van der Waals surface area contributed by atoms with Crippen molar-refractivity contribution in [2.45, 2.75) is 13.0 Å². The van der Waals surface area contributed by atoms with Crippen molar-refractivity contribution >= 4 is 28.3 Å². The second-order valence-corrected chi connectivity index (χ2v) is 6.01. The first-order valence-corrected chi connectivity index (χ1v) is 7.87. The molecule has 0 saturated heterocycles. The summed E-state index contributed by atoms with van der Waals surface area (Å²) in [6.45, 7) is 1.88. The second-order valence-electron chi connectivity index (χ2n) is 5.57. The molecule has 0 aliphatic rings. The SMILES string of the molecule is C[C@@H](NC(=O)c1nn(C)c(=O)c2ccccc12)c1ccc(Cl)cc1. The van der Waals surface area contributed by atoms with E-state index in [-0.39, 0.29) is 23.2 Å². The Hall–Kier alpha value is -2.66. The van der Waals surface area contributed by atoms with Gasteiger partial charge < -0.3 is 5.32 Å². The van der Waals surface area contributed by atoms with E-state index in [1.54, 1.807) is 36.4 Å². The number of rotatable bonds is 3. The molecule has 3 aromatic rings. The molecule has 0 fully saturated rings. The lowest BCUT2D eigenvalue weighted by atomic mass is 10.1. The maximum absolute atomic E-state index is 12.7. The van der Waals surface area contributed by atoms with Gasteiger partial charge in [0.15, 0.2) is 5.69 Å². The van der Waals surface area contributed by atoms with Crippen LogP contribution in [0.1, 0.15) is 29.0 Å². The molecule has 122 valence electrons. The Kier molecular flexibility index (Phi) is 4.36. The van der Waals surface area contributed by atoms with Gasteiger partial charge in [0, 0.05) is 17.5 Å². The van der Waals surface area contributed by atoms with Gasteiger partial charge in [-0.1, -0.05) is 41.9 Å². The largest absolute Gasteiger partial charge is 0.344 e. The molecule has 3 rings (SSSR count). The van der Waals surface area contributed by atoms with Crippen molar-refractivity contribution < 1.29 is 4.79 Å². The van der Waals surface area contributed by atoms with Crippen LogP contribution in [0.15, 0.2) is 53.3 Å². The van der Waals surface area contributed by atoms with Gasteiger partial charge in [-0.3, -0.25) is 9.59 Å². The van der Waals surface area contributed by atoms with Gasteiger partial charge >= 0.3 is 0 Å². The lowest BCUT2D eigenvalue weighted by Crippen LogP contribution is -2.31. The molecule has 1 amide bonds. The zero-order chi connectivity index (χ0) is 17.3. The minimum absolute atomic E-state index is 0.215. The lowest BCUT2D eigenvalue weighted by molar-refractivity contribution is 0.0934. The first-order chi connectivity index (χ1) is 11.5. The third-order valence-corrected chi connectivity index (χ3v) is 4.14. The number of amides is 1. The predicted molar refractivity (Wildman–Crippen MR) is 94.3 cm³/mol. The molecule has 1 atom stereocenters. The van der Waals surface area contributed by atoms with E-state index in [1.165, 1.54) is 11.7 Å². The van der Waals surface area contributed by atoms with Crippen LogP contribution in [-0.4, -0.2) is 15.7 Å². The summed E-state index contributed by atoms with van der Waals surface area (Å²) in [4.78, 5) is 24.8. The first kappa shape index (κ1) is 16.2. The summed E-state index contributed by atoms with van der Waals surface area (Å²) in [6.07, 6.45) is 0. The summed E-state index contributed by atoms with van der Waals surface area (Å²) in [5.74, 6) is -0.329. The van der Waals surface area contributed by atoms with Crippen molar-refractivity contribution in [2.75, 3.05) is 0 Å². The molecule has 1 aromatic heterocycles. The van der Waals surface area contributed by atoms with Crippen LogP contribution >= 0.6 is 11.6 Å². The van der Waals surface area contributed by atoms with Crippen LogP contribution in [0.3, 0.4) is 0 Å². The van der Waals surface area contributed by atoms with E-state index in [2.05, 4.69) is 10.4 Å². The summed E-state index contributed by atoms with van der Waals surface area (Å²) in [5, 5.41) is 8.70. The highest BCUT2D eigenvalue weighted by Gasteiger charge is 2.17. The molecule has 0 radical (unpaired) electrons. The highest BCUT2D eigenvalue weighted by molar-refractivity contribution is 6.30. The molecule has 0 aliphatic heterocycles. The van der Waals surface area contributed by atoms with Crippen molar-refractivity contribution in [3.05, 3.63) is 75.2 Å². The first-order valence-electron chi connectivity index (χ1n) is 7.50. The maximum Gasteiger partial charge on any atom is 0.274 e. The zero-order valence-electron chi connectivity index (χ0n) is 13.3. The summed E-state index contributed by atoms with van der Waals surface area (Å²) < 4.78 is 1.18. The Morgan fingerprint density at radius 1 is 1.12 bits per heavy atom. The summed E-state index contributed by atoms with van der Waals surface area (Å²) in [5.41, 5.74) is 0.934. The number of aryl methyl sites for hydroxylation is 1. The summed E-state index contributed by atoms with van der Waals surface area (Å²) >= 11 is 5.89. The van der Waals surface area contributed by atoms with E-state index >= 15 is 0 Å². The standard InChI is InChI=1S/C18H16ClN3O2/c1-11(12-7-9-13(19)10-8-12)20-17(23)16-14-5-3-4-6-15(14)18(24)22(2)21-16/h3-11H,1-2H3,(H,20,23)/t11-/m1/s1. The molecule has 0 spiro atoms. The molecule has 0 aliphatic carbocycles. The highest BCUT2D eigenvalue weighted by Crippen LogP contribution is 2.18. The van der Waals surface area contributed by atoms with Crippen LogP contribution < -0.4 is 10.9 Å². The number of nitrogens with one attached hydrogen (secondary N) is 1. The average Bonchev–Trinajstić information content (AvgIpc) is 2.58. The smallest absolute Gasteiger partial charge is 0.274 e. The minimum atomic E-state index is -0.329. The van der Waals surface area contributed by atoms with Gasteiger partial charge in [0.05, 0.1) is 11.4 Å². The molecule has 0 unspecified atom stereocenters. The van der Waals surface area contributed by atoms with Crippen molar-refractivity contribution in [3.63, 3.8) is 0 Å². The van der Waals surface area contributed by atoms with E-state index in [4.69, 9.17) is 11.6 Å². The van der Waals surface area contributed by atoms with Crippen LogP contribution in [0, 0.1) is 0 Å². The number of benzene rings is 2. The van der Waals surface area contributed by atoms with Crippen LogP contribution in [0.5, 0.6) is 0 Å². The number of carbonyl (C=O) groups is 1. The number of aromatic nitrogens is 2. The molecule has 0 bridgehead atoms. The third-order valence-electron chi connectivity index (χ3n) is 3.89. The lowest BCUT2D eigenvalue weighted by Gasteiger charge is -2.15. The minimum Gasteiger partial charge on any atom is -0.344 e. The van der Waals surface area contributed by atoms with E-state index in [9.17, 15) is 9.59 Å². The van der Waals surface area contributed by atoms with Gasteiger partial charge in [0.25, 0.3) is 11.5 Å². The number of nitrogens with zero attached hydrogens (tertiary/aromatic N) is 2. The molecule has 1 heterocycles. The van der Waals surface area contributed by atoms with E-state index < -0.39 is 0 Å². The number of carbonyl (C=O) groups excluding carboxylic acids is 1. The number of halogens is 1.